The Balaban J connectivity index is 2.43. The van der Waals surface area contributed by atoms with Gasteiger partial charge in [-0.3, -0.25) is 4.98 Å². The van der Waals surface area contributed by atoms with E-state index in [1.54, 1.807) is 6.07 Å². The fourth-order valence-electron chi connectivity index (χ4n) is 1.33. The Hall–Kier alpha value is -1.09. The molecule has 58 valence electrons. The van der Waals surface area contributed by atoms with E-state index in [2.05, 4.69) is 10.3 Å². The summed E-state index contributed by atoms with van der Waals surface area (Å²) in [4.78, 5) is 4.11. The second kappa shape index (κ2) is 2.51. The van der Waals surface area contributed by atoms with Gasteiger partial charge in [0.2, 0.25) is 0 Å². The van der Waals surface area contributed by atoms with E-state index in [1.165, 1.54) is 11.8 Å². The van der Waals surface area contributed by atoms with Crippen LogP contribution in [-0.2, 0) is 13.0 Å². The summed E-state index contributed by atoms with van der Waals surface area (Å²) in [6.07, 6.45) is 2.46. The van der Waals surface area contributed by atoms with Gasteiger partial charge < -0.3 is 10.4 Å². The van der Waals surface area contributed by atoms with Crippen LogP contribution in [-0.4, -0.2) is 16.6 Å². The fraction of sp³-hybridized carbons (Fsp3) is 0.375. The molecule has 3 nitrogen and oxygen atoms in total. The highest BCUT2D eigenvalue weighted by Gasteiger charge is 2.09. The molecule has 11 heavy (non-hydrogen) atoms. The maximum atomic E-state index is 9.11. The van der Waals surface area contributed by atoms with E-state index in [1.807, 2.05) is 0 Å². The highest BCUT2D eigenvalue weighted by atomic mass is 16.3. The fourth-order valence-corrected chi connectivity index (χ4v) is 1.33. The molecule has 1 aliphatic rings. The first-order valence-electron chi connectivity index (χ1n) is 3.74. The molecular formula is C8H10N2O. The SMILES string of the molecule is Oc1cnc2c(c1)CCNC2. The monoisotopic (exact) mass is 150 g/mol. The minimum Gasteiger partial charge on any atom is -0.506 e. The lowest BCUT2D eigenvalue weighted by molar-refractivity contribution is 0.469. The standard InChI is InChI=1S/C8H10N2O/c11-7-3-6-1-2-9-5-8(6)10-4-7/h3-4,9,11H,1-2,5H2. The zero-order valence-corrected chi connectivity index (χ0v) is 6.17. The third-order valence-electron chi connectivity index (χ3n) is 1.91. The lowest BCUT2D eigenvalue weighted by Crippen LogP contribution is -2.24. The number of hydrogen-bond donors (Lipinski definition) is 2. The third-order valence-corrected chi connectivity index (χ3v) is 1.91. The average Bonchev–Trinajstić information content (AvgIpc) is 2.04. The van der Waals surface area contributed by atoms with Crippen molar-refractivity contribution in [3.8, 4) is 5.75 Å². The molecule has 0 aliphatic carbocycles. The molecule has 3 heteroatoms. The van der Waals surface area contributed by atoms with Crippen LogP contribution in [0, 0.1) is 0 Å². The molecule has 2 heterocycles. The topological polar surface area (TPSA) is 45.2 Å². The van der Waals surface area contributed by atoms with Gasteiger partial charge in [-0.2, -0.15) is 0 Å². The van der Waals surface area contributed by atoms with Crippen LogP contribution in [0.4, 0.5) is 0 Å². The lowest BCUT2D eigenvalue weighted by atomic mass is 10.1. The number of pyridine rings is 1. The minimum absolute atomic E-state index is 0.269. The largest absolute Gasteiger partial charge is 0.506 e. The molecule has 1 aromatic rings. The van der Waals surface area contributed by atoms with Gasteiger partial charge in [-0.05, 0) is 24.6 Å². The molecule has 0 radical (unpaired) electrons. The number of aromatic hydroxyl groups is 1. The molecular weight excluding hydrogens is 140 g/mol. The number of aromatic nitrogens is 1. The Morgan fingerprint density at radius 2 is 2.45 bits per heavy atom. The van der Waals surface area contributed by atoms with E-state index in [9.17, 15) is 0 Å². The normalized spacial score (nSPS) is 16.0. The summed E-state index contributed by atoms with van der Waals surface area (Å²) in [5.74, 6) is 0.269. The number of nitrogens with one attached hydrogen (secondary N) is 1. The molecule has 1 aliphatic heterocycles. The van der Waals surface area contributed by atoms with E-state index >= 15 is 0 Å². The minimum atomic E-state index is 0.269. The van der Waals surface area contributed by atoms with Crippen molar-refractivity contribution in [2.24, 2.45) is 0 Å². The summed E-state index contributed by atoms with van der Waals surface area (Å²) in [5, 5.41) is 12.3. The van der Waals surface area contributed by atoms with Gasteiger partial charge in [0.25, 0.3) is 0 Å². The zero-order valence-electron chi connectivity index (χ0n) is 6.17. The summed E-state index contributed by atoms with van der Waals surface area (Å²) >= 11 is 0. The van der Waals surface area contributed by atoms with Crippen LogP contribution in [0.1, 0.15) is 11.3 Å². The molecule has 0 spiro atoms. The van der Waals surface area contributed by atoms with Crippen LogP contribution in [0.5, 0.6) is 5.75 Å². The maximum absolute atomic E-state index is 9.11. The first-order chi connectivity index (χ1) is 5.36. The Labute approximate surface area is 65.1 Å². The number of hydrogen-bond acceptors (Lipinski definition) is 3. The Bertz CT molecular complexity index is 273. The molecule has 1 aromatic heterocycles. The molecule has 0 saturated carbocycles. The first-order valence-corrected chi connectivity index (χ1v) is 3.74. The Morgan fingerprint density at radius 1 is 1.55 bits per heavy atom. The van der Waals surface area contributed by atoms with Crippen molar-refractivity contribution in [2.75, 3.05) is 6.54 Å². The average molecular weight is 150 g/mol. The molecule has 0 amide bonds. The molecule has 0 atom stereocenters. The second-order valence-corrected chi connectivity index (χ2v) is 2.73. The summed E-state index contributed by atoms with van der Waals surface area (Å²) < 4.78 is 0. The van der Waals surface area contributed by atoms with E-state index < -0.39 is 0 Å². The zero-order chi connectivity index (χ0) is 7.68. The molecule has 2 N–H and O–H groups in total. The molecule has 2 rings (SSSR count). The van der Waals surface area contributed by atoms with Gasteiger partial charge in [0.1, 0.15) is 5.75 Å². The predicted molar refractivity (Wildman–Crippen MR) is 41.3 cm³/mol. The summed E-state index contributed by atoms with van der Waals surface area (Å²) in [6.45, 7) is 1.81. The summed E-state index contributed by atoms with van der Waals surface area (Å²) in [6, 6.07) is 1.79. The third kappa shape index (κ3) is 1.19. The van der Waals surface area contributed by atoms with Gasteiger partial charge in [0.15, 0.2) is 0 Å². The van der Waals surface area contributed by atoms with E-state index in [-0.39, 0.29) is 5.75 Å². The van der Waals surface area contributed by atoms with Gasteiger partial charge in [0.05, 0.1) is 11.9 Å². The smallest absolute Gasteiger partial charge is 0.134 e. The van der Waals surface area contributed by atoms with Crippen LogP contribution >= 0.6 is 0 Å². The first kappa shape index (κ1) is 6.61. The van der Waals surface area contributed by atoms with Crippen LogP contribution in [0.15, 0.2) is 12.3 Å². The van der Waals surface area contributed by atoms with Crippen molar-refractivity contribution < 1.29 is 5.11 Å². The lowest BCUT2D eigenvalue weighted by Gasteiger charge is -2.15. The van der Waals surface area contributed by atoms with Crippen molar-refractivity contribution in [1.29, 1.82) is 0 Å². The van der Waals surface area contributed by atoms with E-state index in [4.69, 9.17) is 5.11 Å². The molecule has 0 fully saturated rings. The predicted octanol–water partition coefficient (Wildman–Crippen LogP) is 0.433. The van der Waals surface area contributed by atoms with Crippen LogP contribution < -0.4 is 5.32 Å². The number of fused-ring (bicyclic) bond motifs is 1. The van der Waals surface area contributed by atoms with Gasteiger partial charge in [-0.15, -0.1) is 0 Å². The Morgan fingerprint density at radius 3 is 3.36 bits per heavy atom. The van der Waals surface area contributed by atoms with Crippen molar-refractivity contribution >= 4 is 0 Å². The molecule has 0 saturated heterocycles. The molecule has 0 bridgehead atoms. The second-order valence-electron chi connectivity index (χ2n) is 2.73. The van der Waals surface area contributed by atoms with Crippen molar-refractivity contribution in [3.63, 3.8) is 0 Å². The molecule has 0 aromatic carbocycles. The van der Waals surface area contributed by atoms with Gasteiger partial charge in [-0.25, -0.2) is 0 Å². The quantitative estimate of drug-likeness (QED) is 0.564. The van der Waals surface area contributed by atoms with Crippen molar-refractivity contribution in [1.82, 2.24) is 10.3 Å². The van der Waals surface area contributed by atoms with Crippen LogP contribution in [0.25, 0.3) is 0 Å². The Kier molecular flexibility index (Phi) is 1.51. The summed E-state index contributed by atoms with van der Waals surface area (Å²) in [7, 11) is 0. The number of rotatable bonds is 0. The van der Waals surface area contributed by atoms with E-state index in [0.29, 0.717) is 0 Å². The van der Waals surface area contributed by atoms with Gasteiger partial charge in [0, 0.05) is 6.54 Å². The summed E-state index contributed by atoms with van der Waals surface area (Å²) in [5.41, 5.74) is 2.23. The van der Waals surface area contributed by atoms with Gasteiger partial charge in [-0.1, -0.05) is 0 Å². The van der Waals surface area contributed by atoms with Crippen LogP contribution in [0.2, 0.25) is 0 Å². The van der Waals surface area contributed by atoms with Crippen molar-refractivity contribution in [2.45, 2.75) is 13.0 Å². The van der Waals surface area contributed by atoms with E-state index in [0.717, 1.165) is 25.2 Å². The maximum Gasteiger partial charge on any atom is 0.134 e. The number of nitrogens with zero attached hydrogens (tertiary/aromatic N) is 1. The highest BCUT2D eigenvalue weighted by Crippen LogP contribution is 2.16. The highest BCUT2D eigenvalue weighted by molar-refractivity contribution is 5.29. The molecule has 0 unspecified atom stereocenters. The van der Waals surface area contributed by atoms with Crippen LogP contribution in [0.3, 0.4) is 0 Å². The van der Waals surface area contributed by atoms with Gasteiger partial charge >= 0.3 is 0 Å². The van der Waals surface area contributed by atoms with Crippen molar-refractivity contribution in [3.05, 3.63) is 23.5 Å².